The second-order valence-corrected chi connectivity index (χ2v) is 7.17. The largest absolute Gasteiger partial charge is 0.741 e. The Morgan fingerprint density at radius 1 is 1.17 bits per heavy atom. The maximum atomic E-state index is 10.9. The summed E-state index contributed by atoms with van der Waals surface area (Å²) in [6.45, 7) is 6.26. The normalized spacial score (nSPS) is 12.0. The van der Waals surface area contributed by atoms with Gasteiger partial charge in [-0.15, -0.1) is 0 Å². The second-order valence-electron chi connectivity index (χ2n) is 3.13. The lowest BCUT2D eigenvalue weighted by Gasteiger charge is -2.08. The predicted octanol–water partition coefficient (Wildman–Crippen LogP) is 1.68. The maximum Gasteiger partial charge on any atom is 0.485 e. The Balaban J connectivity index is 0. The van der Waals surface area contributed by atoms with Gasteiger partial charge in [0.1, 0.15) is 11.5 Å². The number of alkyl halides is 3. The molecule has 0 aromatic rings. The van der Waals surface area contributed by atoms with Crippen LogP contribution in [0.3, 0.4) is 0 Å². The van der Waals surface area contributed by atoms with Gasteiger partial charge < -0.3 is 4.55 Å². The van der Waals surface area contributed by atoms with E-state index in [-0.39, 0.29) is 0 Å². The molecule has 9 heteroatoms. The van der Waals surface area contributed by atoms with Gasteiger partial charge in [-0.2, -0.15) is 13.2 Å². The molecule has 0 aliphatic rings. The number of rotatable bonds is 5. The van der Waals surface area contributed by atoms with Crippen LogP contribution in [0.15, 0.2) is 0 Å². The summed E-state index contributed by atoms with van der Waals surface area (Å²) in [7, 11) is -5.71. The van der Waals surface area contributed by atoms with E-state index in [1.54, 1.807) is 0 Å². The van der Waals surface area contributed by atoms with Crippen LogP contribution in [0.5, 0.6) is 0 Å². The highest BCUT2D eigenvalue weighted by atomic mass is 32.2. The standard InChI is InChI=1S/C8H17OS.CHF3O3S/c1-4-8(9)7-10(5-2)6-3;2-1(3,4)8(5,6)7/h4-7H2,1-3H3;(H,5,6,7)/q+1;/p-1. The van der Waals surface area contributed by atoms with Crippen molar-refractivity contribution in [3.63, 3.8) is 0 Å². The van der Waals surface area contributed by atoms with Gasteiger partial charge in [0.25, 0.3) is 0 Å². The monoisotopic (exact) mass is 310 g/mol. The molecule has 4 nitrogen and oxygen atoms in total. The van der Waals surface area contributed by atoms with Crippen molar-refractivity contribution in [1.82, 2.24) is 0 Å². The van der Waals surface area contributed by atoms with Crippen LogP contribution >= 0.6 is 0 Å². The Bertz CT molecular complexity index is 334. The van der Waals surface area contributed by atoms with Gasteiger partial charge in [0.05, 0.1) is 0 Å². The topological polar surface area (TPSA) is 74.3 Å². The van der Waals surface area contributed by atoms with Crippen molar-refractivity contribution in [1.29, 1.82) is 0 Å². The van der Waals surface area contributed by atoms with Gasteiger partial charge in [-0.25, -0.2) is 8.42 Å². The molecule has 0 amide bonds. The van der Waals surface area contributed by atoms with Gasteiger partial charge in [-0.1, -0.05) is 6.92 Å². The summed E-state index contributed by atoms with van der Waals surface area (Å²) in [6.07, 6.45) is 0.712. The van der Waals surface area contributed by atoms with Gasteiger partial charge in [-0.05, 0) is 24.7 Å². The number of halogens is 3. The highest BCUT2D eigenvalue weighted by Gasteiger charge is 2.36. The Kier molecular flexibility index (Phi) is 9.75. The average Bonchev–Trinajstić information content (AvgIpc) is 2.23. The molecule has 0 aromatic heterocycles. The summed E-state index contributed by atoms with van der Waals surface area (Å²) < 4.78 is 58.9. The first-order valence-corrected chi connectivity index (χ1v) is 8.31. The smallest absolute Gasteiger partial charge is 0.485 e. The van der Waals surface area contributed by atoms with E-state index in [4.69, 9.17) is 13.0 Å². The van der Waals surface area contributed by atoms with Crippen molar-refractivity contribution >= 4 is 26.8 Å². The minimum atomic E-state index is -6.09. The number of ketones is 1. The molecule has 0 fully saturated rings. The molecule has 0 radical (unpaired) electrons. The van der Waals surface area contributed by atoms with Crippen molar-refractivity contribution < 1.29 is 30.9 Å². The number of carbonyl (C=O) groups is 1. The van der Waals surface area contributed by atoms with E-state index in [2.05, 4.69) is 13.8 Å². The average molecular weight is 310 g/mol. The predicted molar refractivity (Wildman–Crippen MR) is 64.4 cm³/mol. The lowest BCUT2D eigenvalue weighted by Crippen LogP contribution is -2.21. The summed E-state index contributed by atoms with van der Waals surface area (Å²) in [5.74, 6) is 3.58. The number of Topliss-reactive ketones (excluding diaryl/α,β-unsaturated/α-hetero) is 1. The Morgan fingerprint density at radius 3 is 1.67 bits per heavy atom. The van der Waals surface area contributed by atoms with Crippen molar-refractivity contribution in [3.05, 3.63) is 0 Å². The van der Waals surface area contributed by atoms with Crippen LogP contribution in [0.4, 0.5) is 13.2 Å². The fourth-order valence-electron chi connectivity index (χ4n) is 0.738. The third-order valence-electron chi connectivity index (χ3n) is 1.86. The Morgan fingerprint density at radius 2 is 1.50 bits per heavy atom. The number of carbonyl (C=O) groups excluding carboxylic acids is 1. The van der Waals surface area contributed by atoms with Crippen molar-refractivity contribution in [2.24, 2.45) is 0 Å². The van der Waals surface area contributed by atoms with Crippen LogP contribution in [0.1, 0.15) is 27.2 Å². The van der Waals surface area contributed by atoms with Gasteiger partial charge in [0, 0.05) is 6.42 Å². The molecule has 0 unspecified atom stereocenters. The van der Waals surface area contributed by atoms with Crippen LogP contribution in [0.25, 0.3) is 0 Å². The van der Waals surface area contributed by atoms with Crippen molar-refractivity contribution in [3.8, 4) is 0 Å². The fourth-order valence-corrected chi connectivity index (χ4v) is 2.21. The van der Waals surface area contributed by atoms with Gasteiger partial charge >= 0.3 is 5.51 Å². The van der Waals surface area contributed by atoms with Gasteiger partial charge in [0.2, 0.25) is 0 Å². The van der Waals surface area contributed by atoms with Crippen LogP contribution in [-0.2, 0) is 25.8 Å². The molecule has 0 saturated heterocycles. The third kappa shape index (κ3) is 9.72. The summed E-state index contributed by atoms with van der Waals surface area (Å²) in [5.41, 5.74) is -5.65. The first-order chi connectivity index (χ1) is 7.99. The van der Waals surface area contributed by atoms with Crippen LogP contribution in [0.2, 0.25) is 0 Å². The summed E-state index contributed by atoms with van der Waals surface area (Å²) in [6, 6.07) is 0. The lowest BCUT2D eigenvalue weighted by atomic mass is 10.4. The van der Waals surface area contributed by atoms with Crippen LogP contribution in [-0.4, -0.2) is 41.5 Å². The van der Waals surface area contributed by atoms with E-state index in [0.29, 0.717) is 23.1 Å². The van der Waals surface area contributed by atoms with E-state index in [9.17, 15) is 18.0 Å². The fraction of sp³-hybridized carbons (Fsp3) is 0.889. The zero-order valence-electron chi connectivity index (χ0n) is 10.4. The quantitative estimate of drug-likeness (QED) is 0.440. The lowest BCUT2D eigenvalue weighted by molar-refractivity contribution is -0.116. The minimum absolute atomic E-state index is 0.382. The molecule has 0 aliphatic carbocycles. The zero-order valence-corrected chi connectivity index (χ0v) is 12.0. The summed E-state index contributed by atoms with van der Waals surface area (Å²) >= 11 is 0. The van der Waals surface area contributed by atoms with Gasteiger partial charge in [-0.3, -0.25) is 4.79 Å². The van der Waals surface area contributed by atoms with E-state index in [1.165, 1.54) is 11.5 Å². The highest BCUT2D eigenvalue weighted by molar-refractivity contribution is 7.97. The first kappa shape index (κ1) is 20.0. The molecule has 0 rings (SSSR count). The van der Waals surface area contributed by atoms with E-state index in [1.807, 2.05) is 6.92 Å². The number of hydrogen-bond donors (Lipinski definition) is 0. The molecule has 0 aromatic carbocycles. The molecule has 0 bridgehead atoms. The third-order valence-corrected chi connectivity index (χ3v) is 4.79. The minimum Gasteiger partial charge on any atom is -0.741 e. The van der Waals surface area contributed by atoms with Crippen LogP contribution in [0, 0.1) is 0 Å². The first-order valence-electron chi connectivity index (χ1n) is 5.17. The van der Waals surface area contributed by atoms with Crippen molar-refractivity contribution in [2.45, 2.75) is 32.7 Å². The van der Waals surface area contributed by atoms with Crippen LogP contribution < -0.4 is 0 Å². The highest BCUT2D eigenvalue weighted by Crippen LogP contribution is 2.20. The van der Waals surface area contributed by atoms with E-state index >= 15 is 0 Å². The van der Waals surface area contributed by atoms with E-state index in [0.717, 1.165) is 5.75 Å². The molecule has 0 N–H and O–H groups in total. The molecule has 0 heterocycles. The zero-order chi connectivity index (χ0) is 15.0. The molecule has 110 valence electrons. The molecule has 0 spiro atoms. The molecule has 0 aliphatic heterocycles. The molecular formula is C9H17F3O4S2. The Labute approximate surface area is 108 Å². The molecule has 18 heavy (non-hydrogen) atoms. The van der Waals surface area contributed by atoms with E-state index < -0.39 is 15.6 Å². The number of hydrogen-bond acceptors (Lipinski definition) is 4. The second kappa shape index (κ2) is 8.76. The molecular weight excluding hydrogens is 293 g/mol. The van der Waals surface area contributed by atoms with Gasteiger partial charge in [0.15, 0.2) is 21.7 Å². The Hall–Kier alpha value is -0.280. The van der Waals surface area contributed by atoms with Crippen molar-refractivity contribution in [2.75, 3.05) is 17.3 Å². The summed E-state index contributed by atoms with van der Waals surface area (Å²) in [5, 5.41) is 0. The molecule has 0 atom stereocenters. The molecule has 0 saturated carbocycles. The maximum absolute atomic E-state index is 10.9. The summed E-state index contributed by atoms with van der Waals surface area (Å²) in [4.78, 5) is 10.9. The SMILES string of the molecule is CCC(=O)C[S+](CC)CC.O=S(=O)([O-])C(F)(F)F.